The molecule has 1 atom stereocenters. The van der Waals surface area contributed by atoms with Crippen LogP contribution in [-0.4, -0.2) is 37.9 Å². The van der Waals surface area contributed by atoms with E-state index in [4.69, 9.17) is 14.2 Å². The molecule has 0 heterocycles. The number of allylic oxidation sites excluding steroid dienone is 24. The molecular formula is C61H96O5. The van der Waals surface area contributed by atoms with Gasteiger partial charge in [0, 0.05) is 19.4 Å². The predicted molar refractivity (Wildman–Crippen MR) is 288 cm³/mol. The van der Waals surface area contributed by atoms with Gasteiger partial charge in [0.2, 0.25) is 0 Å². The van der Waals surface area contributed by atoms with E-state index in [1.807, 2.05) is 0 Å². The molecule has 0 aliphatic heterocycles. The van der Waals surface area contributed by atoms with Crippen molar-refractivity contribution < 1.29 is 23.8 Å². The van der Waals surface area contributed by atoms with Crippen LogP contribution in [0.2, 0.25) is 0 Å². The van der Waals surface area contributed by atoms with Crippen LogP contribution in [0, 0.1) is 0 Å². The lowest BCUT2D eigenvalue weighted by Gasteiger charge is -2.18. The molecule has 0 bridgehead atoms. The molecule has 5 heteroatoms. The van der Waals surface area contributed by atoms with Crippen LogP contribution in [0.15, 0.2) is 146 Å². The van der Waals surface area contributed by atoms with E-state index < -0.39 is 6.10 Å². The normalized spacial score (nSPS) is 13.4. The Morgan fingerprint density at radius 3 is 1.05 bits per heavy atom. The third-order valence-corrected chi connectivity index (χ3v) is 10.4. The highest BCUT2D eigenvalue weighted by Crippen LogP contribution is 2.12. The van der Waals surface area contributed by atoms with Crippen molar-refractivity contribution in [2.24, 2.45) is 0 Å². The third kappa shape index (κ3) is 52.4. The smallest absolute Gasteiger partial charge is 0.306 e. The van der Waals surface area contributed by atoms with Crippen LogP contribution in [-0.2, 0) is 23.8 Å². The van der Waals surface area contributed by atoms with Gasteiger partial charge in [0.05, 0.1) is 6.61 Å². The standard InChI is InChI=1S/C61H96O5/c1-4-7-10-13-16-19-22-25-28-30-32-35-38-41-44-47-50-53-56-64-57-59(66-61(63)55-52-49-46-43-40-37-33-27-24-21-18-15-12-9-6-3)58-65-60(62)54-51-48-45-42-39-36-34-31-29-26-23-20-17-14-11-8-5-2/h7-12,16-21,25-29,32-33,35,40-41,43-44,59H,4-6,13-15,22-24,30-31,34,36-39,42,45-58H2,1-3H3/b10-7-,11-8-,12-9-,19-16-,20-17-,21-18-,28-25-,29-26-,33-27-,35-32-,43-40-,44-41-. The molecule has 0 saturated heterocycles. The Balaban J connectivity index is 4.47. The molecule has 0 fully saturated rings. The van der Waals surface area contributed by atoms with Gasteiger partial charge in [-0.2, -0.15) is 0 Å². The SMILES string of the molecule is CC/C=C\C/C=C\C/C=C\C/C=C\C/C=C\CCCCOCC(COC(=O)CCCCCCCCC/C=C\C/C=C\C/C=C\CC)OC(=O)CCCC/C=C\C/C=C\C/C=C\C/C=C\CC. The number of hydrogen-bond donors (Lipinski definition) is 0. The zero-order valence-electron chi connectivity index (χ0n) is 42.4. The average molecular weight is 909 g/mol. The summed E-state index contributed by atoms with van der Waals surface area (Å²) in [6.45, 7) is 7.31. The summed E-state index contributed by atoms with van der Waals surface area (Å²) in [6, 6.07) is 0. The second-order valence-electron chi connectivity index (χ2n) is 16.6. The van der Waals surface area contributed by atoms with Crippen molar-refractivity contribution in [2.75, 3.05) is 19.8 Å². The van der Waals surface area contributed by atoms with E-state index >= 15 is 0 Å². The average Bonchev–Trinajstić information content (AvgIpc) is 3.32. The maximum atomic E-state index is 12.8. The van der Waals surface area contributed by atoms with Gasteiger partial charge in [-0.1, -0.05) is 199 Å². The zero-order valence-corrected chi connectivity index (χ0v) is 42.4. The fourth-order valence-corrected chi connectivity index (χ4v) is 6.54. The lowest BCUT2D eigenvalue weighted by molar-refractivity contribution is -0.163. The third-order valence-electron chi connectivity index (χ3n) is 10.4. The number of ether oxygens (including phenoxy) is 3. The van der Waals surface area contributed by atoms with Gasteiger partial charge >= 0.3 is 11.9 Å². The molecule has 0 amide bonds. The fourth-order valence-electron chi connectivity index (χ4n) is 6.54. The summed E-state index contributed by atoms with van der Waals surface area (Å²) in [6.07, 6.45) is 80.1. The predicted octanol–water partition coefficient (Wildman–Crippen LogP) is 18.1. The van der Waals surface area contributed by atoms with Crippen molar-refractivity contribution in [3.8, 4) is 0 Å². The number of unbranched alkanes of at least 4 members (excludes halogenated alkanes) is 11. The van der Waals surface area contributed by atoms with E-state index in [1.54, 1.807) is 0 Å². The maximum Gasteiger partial charge on any atom is 0.306 e. The minimum absolute atomic E-state index is 0.0353. The van der Waals surface area contributed by atoms with Gasteiger partial charge in [-0.05, 0) is 135 Å². The first-order valence-corrected chi connectivity index (χ1v) is 26.4. The summed E-state index contributed by atoms with van der Waals surface area (Å²) in [5.41, 5.74) is 0. The lowest BCUT2D eigenvalue weighted by atomic mass is 10.1. The molecule has 0 N–H and O–H groups in total. The highest BCUT2D eigenvalue weighted by Gasteiger charge is 2.17. The molecule has 0 aromatic rings. The number of hydrogen-bond acceptors (Lipinski definition) is 5. The van der Waals surface area contributed by atoms with Crippen LogP contribution in [0.5, 0.6) is 0 Å². The van der Waals surface area contributed by atoms with Gasteiger partial charge in [0.1, 0.15) is 6.61 Å². The Morgan fingerprint density at radius 1 is 0.333 bits per heavy atom. The van der Waals surface area contributed by atoms with Crippen LogP contribution in [0.3, 0.4) is 0 Å². The first-order valence-electron chi connectivity index (χ1n) is 26.4. The topological polar surface area (TPSA) is 61.8 Å². The molecule has 0 aromatic heterocycles. The van der Waals surface area contributed by atoms with E-state index in [0.29, 0.717) is 19.4 Å². The number of carbonyl (C=O) groups excluding carboxylic acids is 2. The van der Waals surface area contributed by atoms with Crippen molar-refractivity contribution >= 4 is 11.9 Å². The second kappa shape index (κ2) is 55.1. The van der Waals surface area contributed by atoms with Gasteiger partial charge < -0.3 is 14.2 Å². The summed E-state index contributed by atoms with van der Waals surface area (Å²) >= 11 is 0. The van der Waals surface area contributed by atoms with Gasteiger partial charge in [-0.25, -0.2) is 0 Å². The molecule has 66 heavy (non-hydrogen) atoms. The Labute approximate surface area is 406 Å². The van der Waals surface area contributed by atoms with Gasteiger partial charge in [-0.3, -0.25) is 9.59 Å². The maximum absolute atomic E-state index is 12.8. The van der Waals surface area contributed by atoms with E-state index in [9.17, 15) is 9.59 Å². The van der Waals surface area contributed by atoms with Gasteiger partial charge in [0.15, 0.2) is 6.10 Å². The van der Waals surface area contributed by atoms with E-state index in [2.05, 4.69) is 167 Å². The summed E-state index contributed by atoms with van der Waals surface area (Å²) in [5.74, 6) is -0.493. The van der Waals surface area contributed by atoms with E-state index in [0.717, 1.165) is 141 Å². The van der Waals surface area contributed by atoms with Gasteiger partial charge in [0.25, 0.3) is 0 Å². The molecule has 0 saturated carbocycles. The van der Waals surface area contributed by atoms with Crippen LogP contribution in [0.4, 0.5) is 0 Å². The summed E-state index contributed by atoms with van der Waals surface area (Å²) in [5, 5.41) is 0. The first kappa shape index (κ1) is 61.8. The number of esters is 2. The summed E-state index contributed by atoms with van der Waals surface area (Å²) in [7, 11) is 0. The van der Waals surface area contributed by atoms with Crippen LogP contribution in [0.1, 0.15) is 201 Å². The minimum Gasteiger partial charge on any atom is -0.462 e. The molecule has 0 rings (SSSR count). The fraction of sp³-hybridized carbons (Fsp3) is 0.574. The molecular weight excluding hydrogens is 813 g/mol. The summed E-state index contributed by atoms with van der Waals surface area (Å²) in [4.78, 5) is 25.4. The van der Waals surface area contributed by atoms with Crippen molar-refractivity contribution in [3.05, 3.63) is 146 Å². The minimum atomic E-state index is -0.596. The van der Waals surface area contributed by atoms with Crippen LogP contribution < -0.4 is 0 Å². The highest BCUT2D eigenvalue weighted by atomic mass is 16.6. The molecule has 0 aliphatic carbocycles. The molecule has 0 radical (unpaired) electrons. The van der Waals surface area contributed by atoms with Crippen molar-refractivity contribution in [1.29, 1.82) is 0 Å². The van der Waals surface area contributed by atoms with Crippen molar-refractivity contribution in [3.63, 3.8) is 0 Å². The van der Waals surface area contributed by atoms with E-state index in [-0.39, 0.29) is 25.2 Å². The Hall–Kier alpha value is -4.22. The van der Waals surface area contributed by atoms with Crippen LogP contribution in [0.25, 0.3) is 0 Å². The molecule has 5 nitrogen and oxygen atoms in total. The van der Waals surface area contributed by atoms with Crippen LogP contribution >= 0.6 is 0 Å². The number of carbonyl (C=O) groups is 2. The Kier molecular flexibility index (Phi) is 51.6. The van der Waals surface area contributed by atoms with Crippen molar-refractivity contribution in [1.82, 2.24) is 0 Å². The summed E-state index contributed by atoms with van der Waals surface area (Å²) < 4.78 is 17.3. The van der Waals surface area contributed by atoms with E-state index in [1.165, 1.54) is 25.7 Å². The Bertz CT molecular complexity index is 1450. The number of rotatable bonds is 46. The molecule has 1 unspecified atom stereocenters. The largest absolute Gasteiger partial charge is 0.462 e. The monoisotopic (exact) mass is 909 g/mol. The molecule has 0 aliphatic rings. The van der Waals surface area contributed by atoms with Crippen molar-refractivity contribution in [2.45, 2.75) is 207 Å². The zero-order chi connectivity index (χ0) is 47.7. The molecule has 0 aromatic carbocycles. The van der Waals surface area contributed by atoms with Gasteiger partial charge in [-0.15, -0.1) is 0 Å². The quantitative estimate of drug-likeness (QED) is 0.0346. The molecule has 370 valence electrons. The second-order valence-corrected chi connectivity index (χ2v) is 16.6. The highest BCUT2D eigenvalue weighted by molar-refractivity contribution is 5.70. The molecule has 0 spiro atoms. The first-order chi connectivity index (χ1) is 32.6. The lowest BCUT2D eigenvalue weighted by Crippen LogP contribution is -2.30. The Morgan fingerprint density at radius 2 is 0.636 bits per heavy atom.